The predicted octanol–water partition coefficient (Wildman–Crippen LogP) is 3.56. The smallest absolute Gasteiger partial charge is 0.262 e. The maximum absolute atomic E-state index is 13.5. The number of benzene rings is 2. The largest absolute Gasteiger partial charge is 0.348 e. The van der Waals surface area contributed by atoms with Crippen molar-refractivity contribution >= 4 is 31.8 Å². The summed E-state index contributed by atoms with van der Waals surface area (Å²) in [5.41, 5.74) is 1.82. The number of sulfone groups is 1. The third-order valence-electron chi connectivity index (χ3n) is 6.69. The van der Waals surface area contributed by atoms with Gasteiger partial charge in [0.1, 0.15) is 17.3 Å². The molecule has 1 aromatic heterocycles. The zero-order chi connectivity index (χ0) is 29.6. The molecule has 216 valence electrons. The molecule has 1 aliphatic heterocycles. The summed E-state index contributed by atoms with van der Waals surface area (Å²) in [6.45, 7) is 4.66. The minimum atomic E-state index is -3.76. The van der Waals surface area contributed by atoms with E-state index in [9.17, 15) is 26.9 Å². The number of carbonyl (C=O) groups excluding carboxylic acids is 1. The molecule has 1 unspecified atom stereocenters. The first-order valence-electron chi connectivity index (χ1n) is 13.5. The molecule has 0 aliphatic carbocycles. The molecule has 1 N–H and O–H groups in total. The zero-order valence-electron chi connectivity index (χ0n) is 23.0. The minimum absolute atomic E-state index is 0.00920. The lowest BCUT2D eigenvalue weighted by Gasteiger charge is -2.21. The van der Waals surface area contributed by atoms with Crippen molar-refractivity contribution < 1.29 is 21.6 Å². The zero-order valence-corrected chi connectivity index (χ0v) is 24.7. The van der Waals surface area contributed by atoms with Crippen LogP contribution < -0.4 is 5.32 Å². The number of nitriles is 1. The summed E-state index contributed by atoms with van der Waals surface area (Å²) in [4.78, 5) is 13.1. The molecule has 0 spiro atoms. The van der Waals surface area contributed by atoms with Crippen molar-refractivity contribution in [2.75, 3.05) is 24.6 Å². The molecule has 4 rings (SSSR count). The van der Waals surface area contributed by atoms with Crippen LogP contribution >= 0.6 is 0 Å². The summed E-state index contributed by atoms with van der Waals surface area (Å²) in [5, 5.41) is 17.2. The lowest BCUT2D eigenvalue weighted by Crippen LogP contribution is -2.36. The van der Waals surface area contributed by atoms with Crippen LogP contribution in [-0.2, 0) is 24.7 Å². The molecule has 0 radical (unpaired) electrons. The Labute approximate surface area is 241 Å². The van der Waals surface area contributed by atoms with Gasteiger partial charge in [-0.15, -0.1) is 0 Å². The second kappa shape index (κ2) is 12.8. The van der Waals surface area contributed by atoms with Gasteiger partial charge >= 0.3 is 0 Å². The van der Waals surface area contributed by atoms with Crippen LogP contribution in [0.5, 0.6) is 0 Å². The van der Waals surface area contributed by atoms with Crippen molar-refractivity contribution in [2.24, 2.45) is 0 Å². The first-order chi connectivity index (χ1) is 19.6. The topological polar surface area (TPSA) is 142 Å². The standard InChI is InChI=1S/C29H33N5O5S2/c1-3-14-33(15-4-2)41(38,39)27-12-8-9-22(18-27)28-24(20-34(32-28)26-10-6-5-7-11-26)17-23(19-30)29(35)31-25-13-16-40(36,37)21-25/h5-12,17-18,20,25H,3-4,13-16,21H2,1-2H3,(H,31,35)/b23-17-. The average Bonchev–Trinajstić information content (AvgIpc) is 3.54. The average molecular weight is 596 g/mol. The van der Waals surface area contributed by atoms with E-state index in [1.54, 1.807) is 35.1 Å². The van der Waals surface area contributed by atoms with Gasteiger partial charge in [-0.25, -0.2) is 21.5 Å². The molecule has 10 nitrogen and oxygen atoms in total. The number of rotatable bonds is 11. The van der Waals surface area contributed by atoms with Gasteiger partial charge < -0.3 is 5.32 Å². The van der Waals surface area contributed by atoms with Gasteiger partial charge in [-0.3, -0.25) is 4.79 Å². The first kappa shape index (κ1) is 30.2. The summed E-state index contributed by atoms with van der Waals surface area (Å²) < 4.78 is 53.7. The number of carbonyl (C=O) groups is 1. The Balaban J connectivity index is 1.77. The van der Waals surface area contributed by atoms with E-state index in [0.717, 1.165) is 5.69 Å². The van der Waals surface area contributed by atoms with E-state index in [1.807, 2.05) is 50.2 Å². The highest BCUT2D eigenvalue weighted by molar-refractivity contribution is 7.91. The Morgan fingerprint density at radius 3 is 2.46 bits per heavy atom. The monoisotopic (exact) mass is 595 g/mol. The summed E-state index contributed by atoms with van der Waals surface area (Å²) in [6, 6.07) is 17.1. The van der Waals surface area contributed by atoms with Gasteiger partial charge in [0.15, 0.2) is 9.84 Å². The Kier molecular flexibility index (Phi) is 9.42. The number of nitrogens with one attached hydrogen (secondary N) is 1. The maximum Gasteiger partial charge on any atom is 0.262 e. The lowest BCUT2D eigenvalue weighted by molar-refractivity contribution is -0.117. The van der Waals surface area contributed by atoms with Crippen LogP contribution in [0.4, 0.5) is 0 Å². The van der Waals surface area contributed by atoms with Crippen LogP contribution in [0.1, 0.15) is 38.7 Å². The molecule has 1 atom stereocenters. The van der Waals surface area contributed by atoms with Crippen molar-refractivity contribution in [3.63, 3.8) is 0 Å². The van der Waals surface area contributed by atoms with Crippen LogP contribution in [-0.4, -0.2) is 67.5 Å². The fourth-order valence-corrected chi connectivity index (χ4v) is 8.05. The van der Waals surface area contributed by atoms with Gasteiger partial charge in [0.25, 0.3) is 5.91 Å². The lowest BCUT2D eigenvalue weighted by atomic mass is 10.1. The number of aromatic nitrogens is 2. The van der Waals surface area contributed by atoms with Crippen molar-refractivity contribution in [2.45, 2.75) is 44.0 Å². The second-order valence-corrected chi connectivity index (χ2v) is 14.1. The summed E-state index contributed by atoms with van der Waals surface area (Å²) in [6.07, 6.45) is 4.71. The van der Waals surface area contributed by atoms with E-state index in [-0.39, 0.29) is 28.4 Å². The number of sulfonamides is 1. The van der Waals surface area contributed by atoms with Gasteiger partial charge in [-0.2, -0.15) is 14.7 Å². The first-order valence-corrected chi connectivity index (χ1v) is 16.7. The molecule has 41 heavy (non-hydrogen) atoms. The SMILES string of the molecule is CCCN(CCC)S(=O)(=O)c1cccc(-c2nn(-c3ccccc3)cc2/C=C(/C#N)C(=O)NC2CCS(=O)(=O)C2)c1. The quantitative estimate of drug-likeness (QED) is 0.264. The summed E-state index contributed by atoms with van der Waals surface area (Å²) in [7, 11) is -6.98. The van der Waals surface area contributed by atoms with Crippen molar-refractivity contribution in [3.8, 4) is 23.0 Å². The molecule has 2 aromatic carbocycles. The molecule has 3 aromatic rings. The summed E-state index contributed by atoms with van der Waals surface area (Å²) >= 11 is 0. The molecule has 12 heteroatoms. The molecule has 1 fully saturated rings. The Morgan fingerprint density at radius 2 is 1.85 bits per heavy atom. The third-order valence-corrected chi connectivity index (χ3v) is 10.3. The minimum Gasteiger partial charge on any atom is -0.348 e. The van der Waals surface area contributed by atoms with Crippen LogP contribution in [0.2, 0.25) is 0 Å². The molecule has 2 heterocycles. The van der Waals surface area contributed by atoms with Crippen molar-refractivity contribution in [1.29, 1.82) is 5.26 Å². The predicted molar refractivity (Wildman–Crippen MR) is 157 cm³/mol. The van der Waals surface area contributed by atoms with Crippen LogP contribution in [0.15, 0.2) is 71.3 Å². The molecular weight excluding hydrogens is 562 g/mol. The second-order valence-electron chi connectivity index (χ2n) is 9.89. The molecule has 0 bridgehead atoms. The fraction of sp³-hybridized carbons (Fsp3) is 0.345. The number of hydrogen-bond acceptors (Lipinski definition) is 7. The Bertz CT molecular complexity index is 1680. The molecular formula is C29H33N5O5S2. The van der Waals surface area contributed by atoms with Crippen LogP contribution in [0.3, 0.4) is 0 Å². The van der Waals surface area contributed by atoms with E-state index in [2.05, 4.69) is 5.32 Å². The van der Waals surface area contributed by atoms with Gasteiger partial charge in [-0.1, -0.05) is 44.2 Å². The summed E-state index contributed by atoms with van der Waals surface area (Å²) in [5.74, 6) is -0.854. The molecule has 1 aliphatic rings. The van der Waals surface area contributed by atoms with Crippen molar-refractivity contribution in [1.82, 2.24) is 19.4 Å². The number of para-hydroxylation sites is 1. The third kappa shape index (κ3) is 7.11. The van der Waals surface area contributed by atoms with E-state index in [0.29, 0.717) is 42.8 Å². The van der Waals surface area contributed by atoms with Crippen LogP contribution in [0.25, 0.3) is 23.0 Å². The van der Waals surface area contributed by atoms with E-state index < -0.39 is 31.8 Å². The fourth-order valence-electron chi connectivity index (χ4n) is 4.71. The maximum atomic E-state index is 13.5. The van der Waals surface area contributed by atoms with Gasteiger partial charge in [0.2, 0.25) is 10.0 Å². The highest BCUT2D eigenvalue weighted by Crippen LogP contribution is 2.29. The van der Waals surface area contributed by atoms with Gasteiger partial charge in [0.05, 0.1) is 22.1 Å². The molecule has 1 saturated heterocycles. The number of hydrogen-bond donors (Lipinski definition) is 1. The highest BCUT2D eigenvalue weighted by Gasteiger charge is 2.30. The van der Waals surface area contributed by atoms with E-state index in [1.165, 1.54) is 10.4 Å². The van der Waals surface area contributed by atoms with E-state index in [4.69, 9.17) is 5.10 Å². The molecule has 0 saturated carbocycles. The Hall–Kier alpha value is -3.79. The normalized spacial score (nSPS) is 16.9. The highest BCUT2D eigenvalue weighted by atomic mass is 32.2. The van der Waals surface area contributed by atoms with Crippen molar-refractivity contribution in [3.05, 3.63) is 71.9 Å². The van der Waals surface area contributed by atoms with Crippen LogP contribution in [0, 0.1) is 11.3 Å². The molecule has 1 amide bonds. The Morgan fingerprint density at radius 1 is 1.15 bits per heavy atom. The van der Waals surface area contributed by atoms with Gasteiger partial charge in [0, 0.05) is 36.5 Å². The number of amides is 1. The van der Waals surface area contributed by atoms with Gasteiger partial charge in [-0.05, 0) is 49.6 Å². The number of nitrogens with zero attached hydrogens (tertiary/aromatic N) is 4. The van der Waals surface area contributed by atoms with E-state index >= 15 is 0 Å².